The van der Waals surface area contributed by atoms with E-state index in [2.05, 4.69) is 25.1 Å². The van der Waals surface area contributed by atoms with E-state index < -0.39 is 11.9 Å². The average molecular weight is 645 g/mol. The van der Waals surface area contributed by atoms with E-state index >= 15 is 4.39 Å². The standard InChI is InChI=1S/C34H37FN6O6/c1-45-18-23-13-39(12-19-8-21-11-36-34(38-31(21)26(35)9-19)40-14-20-6-7-46-28(20)17-40)16-29(23)47-24-2-3-25-22(10-24)15-41(33(25)44)27-4-5-30(42)37-32(27)43/h2-3,8-11,20,23,27-29H,4-7,12-18H2,1H3,(H,37,42,43)/t20-,23-,27-,28+,29+/m0/s1. The van der Waals surface area contributed by atoms with Crippen LogP contribution in [0, 0.1) is 17.7 Å². The number of carbonyl (C=O) groups is 3. The molecule has 3 aromatic rings. The second kappa shape index (κ2) is 12.1. The van der Waals surface area contributed by atoms with Crippen LogP contribution in [-0.4, -0.2) is 102 Å². The number of nitrogens with one attached hydrogen (secondary N) is 1. The largest absolute Gasteiger partial charge is 0.489 e. The first-order valence-electron chi connectivity index (χ1n) is 16.3. The van der Waals surface area contributed by atoms with Crippen LogP contribution in [0.3, 0.4) is 0 Å². The molecule has 1 aromatic heterocycles. The Morgan fingerprint density at radius 1 is 1.09 bits per heavy atom. The van der Waals surface area contributed by atoms with Gasteiger partial charge in [0.2, 0.25) is 17.8 Å². The zero-order chi connectivity index (χ0) is 32.2. The maximum Gasteiger partial charge on any atom is 0.255 e. The van der Waals surface area contributed by atoms with E-state index in [1.165, 1.54) is 4.90 Å². The Bertz CT molecular complexity index is 1740. The van der Waals surface area contributed by atoms with Crippen LogP contribution in [0.4, 0.5) is 10.3 Å². The highest BCUT2D eigenvalue weighted by molar-refractivity contribution is 6.05. The van der Waals surface area contributed by atoms with Crippen molar-refractivity contribution in [2.75, 3.05) is 51.4 Å². The zero-order valence-electron chi connectivity index (χ0n) is 26.2. The van der Waals surface area contributed by atoms with Crippen LogP contribution in [0.15, 0.2) is 36.5 Å². The van der Waals surface area contributed by atoms with Crippen LogP contribution in [0.2, 0.25) is 0 Å². The third kappa shape index (κ3) is 5.70. The smallest absolute Gasteiger partial charge is 0.255 e. The van der Waals surface area contributed by atoms with Crippen molar-refractivity contribution in [2.45, 2.75) is 50.6 Å². The second-order valence-electron chi connectivity index (χ2n) is 13.3. The molecule has 6 heterocycles. The lowest BCUT2D eigenvalue weighted by molar-refractivity contribution is -0.136. The van der Waals surface area contributed by atoms with Crippen LogP contribution in [0.25, 0.3) is 10.9 Å². The fourth-order valence-corrected chi connectivity index (χ4v) is 7.86. The van der Waals surface area contributed by atoms with Gasteiger partial charge in [-0.3, -0.25) is 24.6 Å². The van der Waals surface area contributed by atoms with E-state index in [9.17, 15) is 14.4 Å². The third-order valence-electron chi connectivity index (χ3n) is 10.2. The lowest BCUT2D eigenvalue weighted by Gasteiger charge is -2.29. The van der Waals surface area contributed by atoms with Crippen molar-refractivity contribution in [1.82, 2.24) is 25.1 Å². The van der Waals surface area contributed by atoms with Gasteiger partial charge in [0.25, 0.3) is 5.91 Å². The SMILES string of the molecule is COC[C@@H]1CN(Cc2cc(F)c3nc(N4C[C@@H]5CCO[C@@H]5C4)ncc3c2)C[C@H]1Oc1ccc2c(c1)CN([C@H]1CCC(=O)NC1=O)C2=O. The van der Waals surface area contributed by atoms with E-state index in [0.717, 1.165) is 37.2 Å². The summed E-state index contributed by atoms with van der Waals surface area (Å²) >= 11 is 0. The summed E-state index contributed by atoms with van der Waals surface area (Å²) in [5.74, 6) is 0.408. The predicted octanol–water partition coefficient (Wildman–Crippen LogP) is 2.28. The van der Waals surface area contributed by atoms with Gasteiger partial charge < -0.3 is 24.0 Å². The van der Waals surface area contributed by atoms with Gasteiger partial charge >= 0.3 is 0 Å². The summed E-state index contributed by atoms with van der Waals surface area (Å²) in [6, 6.07) is 8.23. The summed E-state index contributed by atoms with van der Waals surface area (Å²) < 4.78 is 33.3. The molecule has 12 nitrogen and oxygen atoms in total. The number of fused-ring (bicyclic) bond motifs is 3. The van der Waals surface area contributed by atoms with Crippen molar-refractivity contribution in [2.24, 2.45) is 11.8 Å². The fraction of sp³-hybridized carbons (Fsp3) is 0.500. The molecule has 0 aliphatic carbocycles. The Balaban J connectivity index is 0.938. The van der Waals surface area contributed by atoms with Gasteiger partial charge in [-0.2, -0.15) is 0 Å². The van der Waals surface area contributed by atoms with Crippen molar-refractivity contribution >= 4 is 34.6 Å². The molecule has 47 heavy (non-hydrogen) atoms. The number of imide groups is 1. The summed E-state index contributed by atoms with van der Waals surface area (Å²) in [6.07, 6.45) is 3.30. The van der Waals surface area contributed by atoms with E-state index in [0.29, 0.717) is 66.7 Å². The molecule has 1 N–H and O–H groups in total. The maximum atomic E-state index is 15.4. The summed E-state index contributed by atoms with van der Waals surface area (Å²) in [4.78, 5) is 52.2. The number of carbonyl (C=O) groups excluding carboxylic acids is 3. The number of rotatable bonds is 8. The highest BCUT2D eigenvalue weighted by Gasteiger charge is 2.41. The predicted molar refractivity (Wildman–Crippen MR) is 167 cm³/mol. The number of hydrogen-bond donors (Lipinski definition) is 1. The molecule has 2 aromatic carbocycles. The number of aromatic nitrogens is 2. The number of methoxy groups -OCH3 is 1. The second-order valence-corrected chi connectivity index (χ2v) is 13.3. The van der Waals surface area contributed by atoms with E-state index in [1.54, 1.807) is 31.5 Å². The lowest BCUT2D eigenvalue weighted by atomic mass is 10.0. The van der Waals surface area contributed by atoms with Crippen LogP contribution in [0.1, 0.15) is 40.7 Å². The van der Waals surface area contributed by atoms with Crippen LogP contribution in [0.5, 0.6) is 5.75 Å². The van der Waals surface area contributed by atoms with Crippen molar-refractivity contribution in [3.63, 3.8) is 0 Å². The first-order valence-corrected chi connectivity index (χ1v) is 16.3. The van der Waals surface area contributed by atoms with E-state index in [1.807, 2.05) is 12.1 Å². The van der Waals surface area contributed by atoms with E-state index in [4.69, 9.17) is 14.2 Å². The Labute approximate surface area is 271 Å². The van der Waals surface area contributed by atoms with Gasteiger partial charge in [-0.05, 0) is 54.3 Å². The first-order chi connectivity index (χ1) is 22.8. The number of nitrogens with zero attached hydrogens (tertiary/aromatic N) is 5. The Kier molecular flexibility index (Phi) is 7.77. The highest BCUT2D eigenvalue weighted by atomic mass is 19.1. The Hall–Kier alpha value is -4.20. The molecule has 8 rings (SSSR count). The molecule has 0 bridgehead atoms. The van der Waals surface area contributed by atoms with Crippen molar-refractivity contribution in [3.05, 3.63) is 59.0 Å². The van der Waals surface area contributed by atoms with Gasteiger partial charge in [0.05, 0.1) is 12.7 Å². The molecular formula is C34H37FN6O6. The number of ether oxygens (including phenoxy) is 3. The molecule has 0 unspecified atom stereocenters. The minimum Gasteiger partial charge on any atom is -0.489 e. The normalized spacial score (nSPS) is 27.5. The summed E-state index contributed by atoms with van der Waals surface area (Å²) in [5.41, 5.74) is 2.47. The minimum atomic E-state index is -0.667. The number of hydrogen-bond acceptors (Lipinski definition) is 10. The summed E-state index contributed by atoms with van der Waals surface area (Å²) in [6.45, 7) is 5.00. The highest BCUT2D eigenvalue weighted by Crippen LogP contribution is 2.34. The monoisotopic (exact) mass is 644 g/mol. The molecule has 0 radical (unpaired) electrons. The molecule has 5 atom stereocenters. The Morgan fingerprint density at radius 2 is 1.98 bits per heavy atom. The molecule has 0 spiro atoms. The molecule has 13 heteroatoms. The molecule has 4 saturated heterocycles. The van der Waals surface area contributed by atoms with Gasteiger partial charge in [-0.25, -0.2) is 14.4 Å². The third-order valence-corrected chi connectivity index (χ3v) is 10.2. The average Bonchev–Trinajstić information content (AvgIpc) is 3.81. The van der Waals surface area contributed by atoms with Crippen LogP contribution < -0.4 is 15.0 Å². The van der Waals surface area contributed by atoms with Crippen molar-refractivity contribution < 1.29 is 33.0 Å². The molecular weight excluding hydrogens is 607 g/mol. The van der Waals surface area contributed by atoms with Crippen LogP contribution in [-0.2, 0) is 32.2 Å². The van der Waals surface area contributed by atoms with Gasteiger partial charge in [0, 0.05) is 88.4 Å². The molecule has 0 saturated carbocycles. The number of piperidine rings is 1. The number of benzene rings is 2. The van der Waals surface area contributed by atoms with Crippen molar-refractivity contribution in [3.8, 4) is 5.75 Å². The molecule has 246 valence electrons. The topological polar surface area (TPSA) is 126 Å². The fourth-order valence-electron chi connectivity index (χ4n) is 7.86. The number of likely N-dealkylation sites (tertiary alicyclic amines) is 1. The lowest BCUT2D eigenvalue weighted by Crippen LogP contribution is -2.52. The van der Waals surface area contributed by atoms with Gasteiger partial charge in [-0.15, -0.1) is 0 Å². The first kappa shape index (κ1) is 30.2. The van der Waals surface area contributed by atoms with Gasteiger partial charge in [0.1, 0.15) is 29.2 Å². The maximum absolute atomic E-state index is 15.4. The summed E-state index contributed by atoms with van der Waals surface area (Å²) in [7, 11) is 1.67. The molecule has 3 amide bonds. The molecule has 5 aliphatic rings. The molecule has 4 fully saturated rings. The minimum absolute atomic E-state index is 0.0787. The number of anilines is 1. The molecule has 5 aliphatic heterocycles. The van der Waals surface area contributed by atoms with Crippen molar-refractivity contribution in [1.29, 1.82) is 0 Å². The van der Waals surface area contributed by atoms with Crippen LogP contribution >= 0.6 is 0 Å². The van der Waals surface area contributed by atoms with Gasteiger partial charge in [-0.1, -0.05) is 0 Å². The summed E-state index contributed by atoms with van der Waals surface area (Å²) in [5, 5.41) is 3.00. The quantitative estimate of drug-likeness (QED) is 0.365. The van der Waals surface area contributed by atoms with Gasteiger partial charge in [0.15, 0.2) is 0 Å². The number of halogens is 1. The Morgan fingerprint density at radius 3 is 2.81 bits per heavy atom. The zero-order valence-corrected chi connectivity index (χ0v) is 26.2. The van der Waals surface area contributed by atoms with E-state index in [-0.39, 0.29) is 48.7 Å². The number of amides is 3.